The van der Waals surface area contributed by atoms with E-state index in [-0.39, 0.29) is 11.6 Å². The van der Waals surface area contributed by atoms with E-state index < -0.39 is 10.0 Å². The van der Waals surface area contributed by atoms with Crippen LogP contribution in [0.15, 0.2) is 39.8 Å². The normalized spacial score (nSPS) is 11.1. The third kappa shape index (κ3) is 3.24. The van der Waals surface area contributed by atoms with Crippen LogP contribution in [-0.4, -0.2) is 15.5 Å². The van der Waals surface area contributed by atoms with Gasteiger partial charge >= 0.3 is 0 Å². The van der Waals surface area contributed by atoms with Crippen LogP contribution in [0.5, 0.6) is 0 Å². The van der Waals surface area contributed by atoms with Crippen LogP contribution in [0, 0.1) is 18.3 Å². The topological polar surface area (TPSA) is 95.1 Å². The number of hydrogen-bond acceptors (Lipinski definition) is 5. The molecule has 1 heterocycles. The van der Waals surface area contributed by atoms with E-state index in [1.54, 1.807) is 12.1 Å². The molecule has 0 radical (unpaired) electrons. The summed E-state index contributed by atoms with van der Waals surface area (Å²) in [5, 5.41) is 12.1. The molecule has 0 fully saturated rings. The summed E-state index contributed by atoms with van der Waals surface area (Å²) in [5.74, 6) is 0.467. The molecule has 0 atom stereocenters. The first-order chi connectivity index (χ1) is 9.97. The zero-order valence-corrected chi connectivity index (χ0v) is 12.5. The van der Waals surface area contributed by atoms with E-state index in [0.717, 1.165) is 5.56 Å². The van der Waals surface area contributed by atoms with Gasteiger partial charge in [-0.1, -0.05) is 12.1 Å². The number of sulfonamides is 1. The van der Waals surface area contributed by atoms with Crippen LogP contribution in [-0.2, 0) is 16.6 Å². The molecule has 0 saturated carbocycles. The quantitative estimate of drug-likeness (QED) is 0.880. The van der Waals surface area contributed by atoms with Gasteiger partial charge < -0.3 is 9.73 Å². The van der Waals surface area contributed by atoms with Crippen molar-refractivity contribution in [3.63, 3.8) is 0 Å². The molecule has 0 bridgehead atoms. The number of nitrogens with zero attached hydrogens (tertiary/aromatic N) is 1. The van der Waals surface area contributed by atoms with Gasteiger partial charge in [-0.25, -0.2) is 13.1 Å². The maximum atomic E-state index is 11.6. The fourth-order valence-electron chi connectivity index (χ4n) is 1.84. The van der Waals surface area contributed by atoms with Crippen molar-refractivity contribution in [2.24, 2.45) is 0 Å². The van der Waals surface area contributed by atoms with Crippen LogP contribution in [0.25, 0.3) is 0 Å². The highest BCUT2D eigenvalue weighted by molar-refractivity contribution is 7.89. The fraction of sp³-hybridized carbons (Fsp3) is 0.214. The summed E-state index contributed by atoms with van der Waals surface area (Å²) in [5.41, 5.74) is 2.12. The molecule has 1 aromatic carbocycles. The smallest absolute Gasteiger partial charge is 0.273 e. The number of nitrogens with one attached hydrogen (secondary N) is 2. The van der Waals surface area contributed by atoms with Crippen LogP contribution in [0.1, 0.15) is 16.9 Å². The molecule has 6 nitrogen and oxygen atoms in total. The van der Waals surface area contributed by atoms with Gasteiger partial charge in [-0.15, -0.1) is 0 Å². The Morgan fingerprint density at radius 2 is 2.05 bits per heavy atom. The molecule has 0 aliphatic carbocycles. The molecule has 0 amide bonds. The summed E-state index contributed by atoms with van der Waals surface area (Å²) < 4.78 is 30.6. The molecular weight excluding hydrogens is 290 g/mol. The fourth-order valence-corrected chi connectivity index (χ4v) is 2.51. The van der Waals surface area contributed by atoms with E-state index in [1.807, 2.05) is 19.1 Å². The molecule has 0 aliphatic heterocycles. The Kier molecular flexibility index (Phi) is 4.31. The summed E-state index contributed by atoms with van der Waals surface area (Å²) in [6.07, 6.45) is 0. The lowest BCUT2D eigenvalue weighted by molar-refractivity contribution is 0.417. The van der Waals surface area contributed by atoms with Crippen LogP contribution < -0.4 is 10.0 Å². The molecule has 21 heavy (non-hydrogen) atoms. The summed E-state index contributed by atoms with van der Waals surface area (Å²) in [4.78, 5) is 0. The SMILES string of the molecule is CNS(=O)(=O)c1ccc(CNc2cccc(C)c2C#N)o1. The van der Waals surface area contributed by atoms with Crippen LogP contribution in [0.4, 0.5) is 5.69 Å². The maximum absolute atomic E-state index is 11.6. The van der Waals surface area contributed by atoms with Crippen molar-refractivity contribution in [2.75, 3.05) is 12.4 Å². The van der Waals surface area contributed by atoms with E-state index in [1.165, 1.54) is 13.1 Å². The Bertz CT molecular complexity index is 788. The molecule has 2 rings (SSSR count). The average Bonchev–Trinajstić information content (AvgIpc) is 2.95. The van der Waals surface area contributed by atoms with Gasteiger partial charge in [0.2, 0.25) is 5.09 Å². The predicted molar refractivity (Wildman–Crippen MR) is 78.2 cm³/mol. The van der Waals surface area contributed by atoms with E-state index in [2.05, 4.69) is 16.1 Å². The number of anilines is 1. The maximum Gasteiger partial charge on any atom is 0.273 e. The summed E-state index contributed by atoms with van der Waals surface area (Å²) >= 11 is 0. The van der Waals surface area contributed by atoms with Gasteiger partial charge in [-0.2, -0.15) is 5.26 Å². The predicted octanol–water partition coefficient (Wildman–Crippen LogP) is 1.98. The molecule has 110 valence electrons. The first-order valence-corrected chi connectivity index (χ1v) is 7.72. The Balaban J connectivity index is 2.15. The van der Waals surface area contributed by atoms with Crippen molar-refractivity contribution >= 4 is 15.7 Å². The Morgan fingerprint density at radius 3 is 2.71 bits per heavy atom. The van der Waals surface area contributed by atoms with Crippen LogP contribution >= 0.6 is 0 Å². The second-order valence-corrected chi connectivity index (χ2v) is 6.21. The van der Waals surface area contributed by atoms with Crippen molar-refractivity contribution in [1.82, 2.24) is 4.72 Å². The van der Waals surface area contributed by atoms with E-state index in [4.69, 9.17) is 9.68 Å². The van der Waals surface area contributed by atoms with E-state index in [9.17, 15) is 8.42 Å². The second-order valence-electron chi connectivity index (χ2n) is 4.39. The van der Waals surface area contributed by atoms with Gasteiger partial charge in [0.15, 0.2) is 0 Å². The molecule has 0 aliphatic rings. The van der Waals surface area contributed by atoms with Crippen LogP contribution in [0.3, 0.4) is 0 Å². The first-order valence-electron chi connectivity index (χ1n) is 6.24. The molecule has 0 saturated heterocycles. The summed E-state index contributed by atoms with van der Waals surface area (Å²) in [6.45, 7) is 2.14. The minimum Gasteiger partial charge on any atom is -0.446 e. The van der Waals surface area contributed by atoms with Crippen molar-refractivity contribution in [2.45, 2.75) is 18.6 Å². The van der Waals surface area contributed by atoms with Gasteiger partial charge in [0.25, 0.3) is 10.0 Å². The van der Waals surface area contributed by atoms with E-state index >= 15 is 0 Å². The largest absolute Gasteiger partial charge is 0.446 e. The Morgan fingerprint density at radius 1 is 1.29 bits per heavy atom. The minimum absolute atomic E-state index is 0.133. The van der Waals surface area contributed by atoms with Gasteiger partial charge in [0.05, 0.1) is 17.8 Å². The Hall–Kier alpha value is -2.30. The van der Waals surface area contributed by atoms with Gasteiger partial charge in [0, 0.05) is 0 Å². The lowest BCUT2D eigenvalue weighted by Crippen LogP contribution is -2.17. The van der Waals surface area contributed by atoms with Crippen molar-refractivity contribution < 1.29 is 12.8 Å². The number of benzene rings is 1. The van der Waals surface area contributed by atoms with Gasteiger partial charge in [0.1, 0.15) is 11.8 Å². The molecule has 1 aromatic heterocycles. The zero-order valence-electron chi connectivity index (χ0n) is 11.7. The van der Waals surface area contributed by atoms with Gasteiger partial charge in [-0.3, -0.25) is 0 Å². The second kappa shape index (κ2) is 5.99. The third-order valence-electron chi connectivity index (χ3n) is 3.01. The number of aryl methyl sites for hydroxylation is 1. The molecule has 2 N–H and O–H groups in total. The standard InChI is InChI=1S/C14H15N3O3S/c1-10-4-3-5-13(12(10)8-15)17-9-11-6-7-14(20-11)21(18,19)16-2/h3-7,16-17H,9H2,1-2H3. The first kappa shape index (κ1) is 15.1. The monoisotopic (exact) mass is 305 g/mol. The highest BCUT2D eigenvalue weighted by atomic mass is 32.2. The molecule has 0 unspecified atom stereocenters. The minimum atomic E-state index is -3.58. The lowest BCUT2D eigenvalue weighted by Gasteiger charge is -2.08. The highest BCUT2D eigenvalue weighted by Crippen LogP contribution is 2.20. The molecule has 2 aromatic rings. The highest BCUT2D eigenvalue weighted by Gasteiger charge is 2.16. The van der Waals surface area contributed by atoms with Crippen LogP contribution in [0.2, 0.25) is 0 Å². The summed E-state index contributed by atoms with van der Waals surface area (Å²) in [6, 6.07) is 10.6. The van der Waals surface area contributed by atoms with Crippen molar-refractivity contribution in [1.29, 1.82) is 5.26 Å². The zero-order chi connectivity index (χ0) is 15.5. The third-order valence-corrected chi connectivity index (χ3v) is 4.29. The van der Waals surface area contributed by atoms with Crippen molar-refractivity contribution in [3.8, 4) is 6.07 Å². The lowest BCUT2D eigenvalue weighted by atomic mass is 10.1. The number of furan rings is 1. The number of rotatable bonds is 5. The molecular formula is C14H15N3O3S. The molecule has 7 heteroatoms. The average molecular weight is 305 g/mol. The number of hydrogen-bond donors (Lipinski definition) is 2. The Labute approximate surface area is 123 Å². The van der Waals surface area contributed by atoms with E-state index in [0.29, 0.717) is 17.0 Å². The van der Waals surface area contributed by atoms with Crippen molar-refractivity contribution in [3.05, 3.63) is 47.2 Å². The molecule has 0 spiro atoms. The van der Waals surface area contributed by atoms with Gasteiger partial charge in [-0.05, 0) is 37.7 Å². The summed E-state index contributed by atoms with van der Waals surface area (Å²) in [7, 11) is -2.26. The number of nitriles is 1.